The Balaban J connectivity index is 1.34. The number of nitrogens with zero attached hydrogens (tertiary/aromatic N) is 4. The van der Waals surface area contributed by atoms with E-state index in [1.807, 2.05) is 19.9 Å². The van der Waals surface area contributed by atoms with Gasteiger partial charge in [-0.2, -0.15) is 5.10 Å². The van der Waals surface area contributed by atoms with Gasteiger partial charge in [-0.05, 0) is 68.4 Å². The van der Waals surface area contributed by atoms with Crippen LogP contribution in [0.15, 0.2) is 67.0 Å². The Morgan fingerprint density at radius 3 is 2.41 bits per heavy atom. The molecule has 0 fully saturated rings. The van der Waals surface area contributed by atoms with Gasteiger partial charge >= 0.3 is 0 Å². The van der Waals surface area contributed by atoms with Gasteiger partial charge in [-0.15, -0.1) is 0 Å². The molecule has 0 saturated heterocycles. The third-order valence-electron chi connectivity index (χ3n) is 4.40. The number of nitrogens with one attached hydrogen (secondary N) is 1. The van der Waals surface area contributed by atoms with Crippen LogP contribution < -0.4 is 14.8 Å². The highest BCUT2D eigenvalue weighted by atomic mass is 35.5. The molecule has 0 saturated carbocycles. The summed E-state index contributed by atoms with van der Waals surface area (Å²) < 4.78 is 13.0. The van der Waals surface area contributed by atoms with Crippen molar-refractivity contribution in [3.05, 3.63) is 83.4 Å². The number of ether oxygens (including phenoxy) is 2. The molecule has 8 nitrogen and oxygen atoms in total. The van der Waals surface area contributed by atoms with Gasteiger partial charge in [0.05, 0.1) is 5.69 Å². The summed E-state index contributed by atoms with van der Waals surface area (Å²) in [6.07, 6.45) is 1.43. The van der Waals surface area contributed by atoms with E-state index in [-0.39, 0.29) is 12.5 Å². The van der Waals surface area contributed by atoms with Crippen molar-refractivity contribution in [3.63, 3.8) is 0 Å². The van der Waals surface area contributed by atoms with Crippen LogP contribution in [0.25, 0.3) is 5.82 Å². The average molecular weight is 450 g/mol. The zero-order valence-corrected chi connectivity index (χ0v) is 18.2. The number of carbonyl (C=O) groups is 1. The highest BCUT2D eigenvalue weighted by Crippen LogP contribution is 2.23. The van der Waals surface area contributed by atoms with Crippen LogP contribution in [0, 0.1) is 13.8 Å². The molecule has 9 heteroatoms. The van der Waals surface area contributed by atoms with Gasteiger partial charge in [0.1, 0.15) is 17.8 Å². The molecule has 32 heavy (non-hydrogen) atoms. The van der Waals surface area contributed by atoms with E-state index in [0.717, 1.165) is 11.4 Å². The predicted octanol–water partition coefficient (Wildman–Crippen LogP) is 4.74. The van der Waals surface area contributed by atoms with E-state index >= 15 is 0 Å². The topological polar surface area (TPSA) is 91.2 Å². The van der Waals surface area contributed by atoms with Crippen molar-refractivity contribution in [2.75, 3.05) is 11.9 Å². The number of anilines is 1. The van der Waals surface area contributed by atoms with Gasteiger partial charge in [0.25, 0.3) is 5.91 Å². The van der Waals surface area contributed by atoms with Crippen molar-refractivity contribution in [1.82, 2.24) is 19.7 Å². The number of amides is 1. The number of aryl methyl sites for hydroxylation is 2. The largest absolute Gasteiger partial charge is 0.484 e. The number of hydrogen-bond acceptors (Lipinski definition) is 6. The summed E-state index contributed by atoms with van der Waals surface area (Å²) in [5.41, 5.74) is 2.49. The van der Waals surface area contributed by atoms with Crippen molar-refractivity contribution in [2.45, 2.75) is 13.8 Å². The Hall–Kier alpha value is -3.91. The van der Waals surface area contributed by atoms with Crippen molar-refractivity contribution in [3.8, 4) is 23.2 Å². The van der Waals surface area contributed by atoms with Gasteiger partial charge in [0, 0.05) is 22.5 Å². The summed E-state index contributed by atoms with van der Waals surface area (Å²) >= 11 is 5.83. The van der Waals surface area contributed by atoms with E-state index in [0.29, 0.717) is 33.9 Å². The van der Waals surface area contributed by atoms with Crippen LogP contribution >= 0.6 is 11.6 Å². The monoisotopic (exact) mass is 449 g/mol. The molecule has 0 aliphatic heterocycles. The Morgan fingerprint density at radius 1 is 1.00 bits per heavy atom. The molecule has 0 unspecified atom stereocenters. The van der Waals surface area contributed by atoms with E-state index in [4.69, 9.17) is 21.1 Å². The minimum absolute atomic E-state index is 0.115. The maximum atomic E-state index is 12.1. The van der Waals surface area contributed by atoms with Crippen LogP contribution in [0.4, 0.5) is 5.69 Å². The maximum Gasteiger partial charge on any atom is 0.262 e. The summed E-state index contributed by atoms with van der Waals surface area (Å²) in [4.78, 5) is 20.5. The quantitative estimate of drug-likeness (QED) is 0.438. The Kier molecular flexibility index (Phi) is 6.32. The highest BCUT2D eigenvalue weighted by Gasteiger charge is 2.09. The summed E-state index contributed by atoms with van der Waals surface area (Å²) in [6.45, 7) is 3.76. The molecular formula is C23H20ClN5O3. The van der Waals surface area contributed by atoms with Crippen molar-refractivity contribution >= 4 is 23.2 Å². The van der Waals surface area contributed by atoms with Gasteiger partial charge in [-0.1, -0.05) is 11.6 Å². The first-order valence-electron chi connectivity index (χ1n) is 9.78. The summed E-state index contributed by atoms with van der Waals surface area (Å²) in [5, 5.41) is 7.80. The second-order valence-electron chi connectivity index (χ2n) is 6.97. The molecular weight excluding hydrogens is 430 g/mol. The Morgan fingerprint density at radius 2 is 1.72 bits per heavy atom. The van der Waals surface area contributed by atoms with Gasteiger partial charge in [-0.25, -0.2) is 14.6 Å². The average Bonchev–Trinajstić information content (AvgIpc) is 3.13. The van der Waals surface area contributed by atoms with Crippen LogP contribution in [-0.2, 0) is 4.79 Å². The fourth-order valence-electron chi connectivity index (χ4n) is 2.97. The first-order valence-corrected chi connectivity index (χ1v) is 10.2. The molecule has 0 aliphatic carbocycles. The second kappa shape index (κ2) is 9.49. The predicted molar refractivity (Wildman–Crippen MR) is 121 cm³/mol. The summed E-state index contributed by atoms with van der Waals surface area (Å²) in [6, 6.07) is 17.4. The van der Waals surface area contributed by atoms with Crippen LogP contribution in [0.2, 0.25) is 5.02 Å². The Labute approximate surface area is 189 Å². The number of rotatable bonds is 7. The number of halogens is 1. The zero-order valence-electron chi connectivity index (χ0n) is 17.4. The van der Waals surface area contributed by atoms with Gasteiger partial charge in [0.15, 0.2) is 12.4 Å². The molecule has 0 spiro atoms. The van der Waals surface area contributed by atoms with Crippen LogP contribution in [0.1, 0.15) is 11.4 Å². The maximum absolute atomic E-state index is 12.1. The molecule has 0 radical (unpaired) electrons. The van der Waals surface area contributed by atoms with Crippen LogP contribution in [0.3, 0.4) is 0 Å². The lowest BCUT2D eigenvalue weighted by Crippen LogP contribution is -2.20. The van der Waals surface area contributed by atoms with E-state index in [2.05, 4.69) is 20.4 Å². The van der Waals surface area contributed by atoms with E-state index in [1.165, 1.54) is 6.33 Å². The SMILES string of the molecule is Cc1cc(C)n(-c2cc(Oc3ccc(NC(=O)COc4ccc(Cl)cc4)cc3)ncn2)n1. The lowest BCUT2D eigenvalue weighted by Gasteiger charge is -2.09. The molecule has 1 N–H and O–H groups in total. The third-order valence-corrected chi connectivity index (χ3v) is 4.65. The molecule has 4 rings (SSSR count). The number of carbonyl (C=O) groups excluding carboxylic acids is 1. The fourth-order valence-corrected chi connectivity index (χ4v) is 3.09. The van der Waals surface area contributed by atoms with Gasteiger partial charge in [-0.3, -0.25) is 4.79 Å². The van der Waals surface area contributed by atoms with Crippen LogP contribution in [-0.4, -0.2) is 32.3 Å². The first-order chi connectivity index (χ1) is 15.5. The van der Waals surface area contributed by atoms with Crippen molar-refractivity contribution in [1.29, 1.82) is 0 Å². The summed E-state index contributed by atoms with van der Waals surface area (Å²) in [5.74, 6) is 1.86. The molecule has 2 aromatic heterocycles. The minimum atomic E-state index is -0.279. The lowest BCUT2D eigenvalue weighted by molar-refractivity contribution is -0.118. The molecule has 162 valence electrons. The normalized spacial score (nSPS) is 10.6. The molecule has 4 aromatic rings. The molecule has 2 heterocycles. The molecule has 2 aromatic carbocycles. The fraction of sp³-hybridized carbons (Fsp3) is 0.130. The molecule has 0 bridgehead atoms. The van der Waals surface area contributed by atoms with Crippen molar-refractivity contribution < 1.29 is 14.3 Å². The minimum Gasteiger partial charge on any atom is -0.484 e. The highest BCUT2D eigenvalue weighted by molar-refractivity contribution is 6.30. The molecule has 0 aliphatic rings. The van der Waals surface area contributed by atoms with E-state index < -0.39 is 0 Å². The van der Waals surface area contributed by atoms with Crippen LogP contribution in [0.5, 0.6) is 17.4 Å². The Bertz CT molecular complexity index is 1220. The zero-order chi connectivity index (χ0) is 22.5. The third kappa shape index (κ3) is 5.41. The standard InChI is InChI=1S/C23H20ClN5O3/c1-15-11-16(2)29(28-15)21-12-23(26-14-25-21)32-20-9-5-18(6-10-20)27-22(30)13-31-19-7-3-17(24)4-8-19/h3-12,14H,13H2,1-2H3,(H,27,30). The number of benzene rings is 2. The number of aromatic nitrogens is 4. The number of hydrogen-bond donors (Lipinski definition) is 1. The lowest BCUT2D eigenvalue weighted by atomic mass is 10.3. The molecule has 1 amide bonds. The first kappa shape index (κ1) is 21.3. The summed E-state index contributed by atoms with van der Waals surface area (Å²) in [7, 11) is 0. The van der Waals surface area contributed by atoms with Gasteiger partial charge in [0.2, 0.25) is 5.88 Å². The van der Waals surface area contributed by atoms with E-state index in [9.17, 15) is 4.79 Å². The smallest absolute Gasteiger partial charge is 0.262 e. The van der Waals surface area contributed by atoms with Gasteiger partial charge < -0.3 is 14.8 Å². The van der Waals surface area contributed by atoms with Crippen molar-refractivity contribution in [2.24, 2.45) is 0 Å². The second-order valence-corrected chi connectivity index (χ2v) is 7.41. The van der Waals surface area contributed by atoms with E-state index in [1.54, 1.807) is 59.3 Å². The molecule has 0 atom stereocenters.